The quantitative estimate of drug-likeness (QED) is 0.271. The van der Waals surface area contributed by atoms with Crippen LogP contribution in [0.4, 0.5) is 4.39 Å². The van der Waals surface area contributed by atoms with Crippen molar-refractivity contribution in [3.05, 3.63) is 12.1 Å². The molecule has 0 aromatic rings. The van der Waals surface area contributed by atoms with Crippen molar-refractivity contribution in [1.82, 2.24) is 0 Å². The summed E-state index contributed by atoms with van der Waals surface area (Å²) in [5.41, 5.74) is 0. The minimum absolute atomic E-state index is 0. The summed E-state index contributed by atoms with van der Waals surface area (Å²) in [5, 5.41) is 7.89. The summed E-state index contributed by atoms with van der Waals surface area (Å²) in [5.74, 6) is -2.42. The average Bonchev–Trinajstić information content (AvgIpc) is 1.87. The monoisotopic (exact) mass is 158 g/mol. The molecule has 0 saturated carbocycles. The van der Waals surface area contributed by atoms with Gasteiger partial charge in [0.25, 0.3) is 0 Å². The molecule has 1 N–H and O–H groups in total. The van der Waals surface area contributed by atoms with Gasteiger partial charge in [-0.3, -0.25) is 0 Å². The molecule has 10 heavy (non-hydrogen) atoms. The number of carbonyl (C=O) groups excluding carboxylic acids is 1. The van der Waals surface area contributed by atoms with Crippen LogP contribution in [0.5, 0.6) is 0 Å². The molecule has 0 amide bonds. The predicted octanol–water partition coefficient (Wildman–Crippen LogP) is 0.270. The fourth-order valence-corrected chi connectivity index (χ4v) is 0.253. The third-order valence-electron chi connectivity index (χ3n) is 0.584. The molecule has 0 aliphatic heterocycles. The Kier molecular flexibility index (Phi) is 8.89. The van der Waals surface area contributed by atoms with E-state index in [2.05, 4.69) is 4.74 Å². The van der Waals surface area contributed by atoms with Gasteiger partial charge >= 0.3 is 35.5 Å². The molecule has 0 saturated heterocycles. The number of halogens is 1. The van der Waals surface area contributed by atoms with E-state index < -0.39 is 11.8 Å². The fourth-order valence-electron chi connectivity index (χ4n) is 0.253. The van der Waals surface area contributed by atoms with Crippen LogP contribution in [-0.4, -0.2) is 47.2 Å². The van der Waals surface area contributed by atoms with E-state index >= 15 is 0 Å². The van der Waals surface area contributed by atoms with Crippen LogP contribution in [0.3, 0.4) is 0 Å². The maximum absolute atomic E-state index is 11.8. The topological polar surface area (TPSA) is 46.5 Å². The van der Waals surface area contributed by atoms with Gasteiger partial charge in [0.1, 0.15) is 6.26 Å². The zero-order valence-electron chi connectivity index (χ0n) is 4.93. The van der Waals surface area contributed by atoms with Crippen molar-refractivity contribution in [3.8, 4) is 0 Å². The normalized spacial score (nSPS) is 10.0. The van der Waals surface area contributed by atoms with E-state index in [9.17, 15) is 9.18 Å². The van der Waals surface area contributed by atoms with E-state index in [1.165, 1.54) is 0 Å². The number of esters is 1. The Hall–Kier alpha value is -0.0600. The second kappa shape index (κ2) is 7.05. The van der Waals surface area contributed by atoms with Crippen molar-refractivity contribution >= 4 is 35.5 Å². The van der Waals surface area contributed by atoms with Crippen LogP contribution in [0.15, 0.2) is 12.1 Å². The van der Waals surface area contributed by atoms with Crippen LogP contribution < -0.4 is 0 Å². The summed E-state index contributed by atoms with van der Waals surface area (Å²) in [7, 11) is 0. The van der Waals surface area contributed by atoms with Crippen molar-refractivity contribution in [3.63, 3.8) is 0 Å². The predicted molar refractivity (Wildman–Crippen MR) is 35.6 cm³/mol. The first-order chi connectivity index (χ1) is 4.22. The first kappa shape index (κ1) is 12.6. The second-order valence-electron chi connectivity index (χ2n) is 1.20. The molecule has 0 bridgehead atoms. The molecule has 54 valence electrons. The van der Waals surface area contributed by atoms with Gasteiger partial charge in [0.2, 0.25) is 5.83 Å². The molecule has 0 fully saturated rings. The summed E-state index contributed by atoms with van der Waals surface area (Å²) >= 11 is 0. The van der Waals surface area contributed by atoms with Gasteiger partial charge < -0.3 is 9.84 Å². The maximum atomic E-state index is 11.8. The molecule has 0 radical (unpaired) electrons. The number of hydrogen-bond donors (Lipinski definition) is 1. The van der Waals surface area contributed by atoms with Gasteiger partial charge in [0, 0.05) is 0 Å². The average molecular weight is 158 g/mol. The Morgan fingerprint density at radius 3 is 2.60 bits per heavy atom. The Balaban J connectivity index is 0. The first-order valence-electron chi connectivity index (χ1n) is 2.39. The van der Waals surface area contributed by atoms with Crippen LogP contribution in [0.1, 0.15) is 6.92 Å². The molecule has 0 aliphatic carbocycles. The summed E-state index contributed by atoms with van der Waals surface area (Å²) in [6, 6.07) is 0. The van der Waals surface area contributed by atoms with Gasteiger partial charge in [-0.1, -0.05) is 0 Å². The standard InChI is InChI=1S/C5H7FO3.Na.H/c1-2-9-5(8)4(6)3-7;;/h3,7H,2H2,1H3;;/b4-3-;;. The molecule has 0 spiro atoms. The third-order valence-corrected chi connectivity index (χ3v) is 0.584. The van der Waals surface area contributed by atoms with Crippen molar-refractivity contribution in [1.29, 1.82) is 0 Å². The molecule has 5 heteroatoms. The molecule has 0 aromatic carbocycles. The van der Waals surface area contributed by atoms with E-state index in [0.29, 0.717) is 0 Å². The summed E-state index contributed by atoms with van der Waals surface area (Å²) in [6.45, 7) is 1.64. The molecule has 0 atom stereocenters. The molecule has 0 rings (SSSR count). The zero-order valence-corrected chi connectivity index (χ0v) is 4.93. The van der Waals surface area contributed by atoms with Gasteiger partial charge in [0.15, 0.2) is 0 Å². The second-order valence-corrected chi connectivity index (χ2v) is 1.20. The van der Waals surface area contributed by atoms with Crippen molar-refractivity contribution in [2.24, 2.45) is 0 Å². The van der Waals surface area contributed by atoms with Crippen molar-refractivity contribution in [2.45, 2.75) is 6.92 Å². The fraction of sp³-hybridized carbons (Fsp3) is 0.400. The SMILES string of the molecule is CCOC(=O)/C(F)=C/O.[NaH]. The van der Waals surface area contributed by atoms with Crippen molar-refractivity contribution < 1.29 is 19.0 Å². The molecule has 0 aliphatic rings. The van der Waals surface area contributed by atoms with Gasteiger partial charge in [-0.15, -0.1) is 0 Å². The molecule has 0 unspecified atom stereocenters. The summed E-state index contributed by atoms with van der Waals surface area (Å²) in [4.78, 5) is 10.1. The third kappa shape index (κ3) is 4.78. The number of rotatable bonds is 2. The van der Waals surface area contributed by atoms with Crippen LogP contribution in [0.25, 0.3) is 0 Å². The molecular formula is C5H8FNaO3. The molecule has 3 nitrogen and oxygen atoms in total. The number of hydrogen-bond acceptors (Lipinski definition) is 3. The molecule has 0 heterocycles. The van der Waals surface area contributed by atoms with E-state index in [1.54, 1.807) is 6.92 Å². The van der Waals surface area contributed by atoms with Crippen molar-refractivity contribution in [2.75, 3.05) is 6.61 Å². The van der Waals surface area contributed by atoms with E-state index in [4.69, 9.17) is 5.11 Å². The Labute approximate surface area is 80.2 Å². The first-order valence-corrected chi connectivity index (χ1v) is 2.39. The number of ether oxygens (including phenoxy) is 1. The Morgan fingerprint density at radius 2 is 2.30 bits per heavy atom. The van der Waals surface area contributed by atoms with Crippen LogP contribution in [0, 0.1) is 0 Å². The van der Waals surface area contributed by atoms with Crippen LogP contribution in [0.2, 0.25) is 0 Å². The van der Waals surface area contributed by atoms with E-state index in [0.717, 1.165) is 0 Å². The van der Waals surface area contributed by atoms with Gasteiger partial charge in [0.05, 0.1) is 6.61 Å². The number of aliphatic hydroxyl groups excluding tert-OH is 1. The van der Waals surface area contributed by atoms with Gasteiger partial charge in [-0.25, -0.2) is 4.79 Å². The van der Waals surface area contributed by atoms with Crippen LogP contribution >= 0.6 is 0 Å². The van der Waals surface area contributed by atoms with E-state index in [1.807, 2.05) is 0 Å². The summed E-state index contributed by atoms with van der Waals surface area (Å²) < 4.78 is 16.0. The van der Waals surface area contributed by atoms with Gasteiger partial charge in [-0.05, 0) is 6.92 Å². The Bertz CT molecular complexity index is 135. The summed E-state index contributed by atoms with van der Waals surface area (Å²) in [6.07, 6.45) is 0.0675. The molecular weight excluding hydrogens is 150 g/mol. The number of carbonyl (C=O) groups is 1. The zero-order chi connectivity index (χ0) is 7.28. The van der Waals surface area contributed by atoms with E-state index in [-0.39, 0.29) is 42.4 Å². The number of aliphatic hydroxyl groups is 1. The van der Waals surface area contributed by atoms with Crippen LogP contribution in [-0.2, 0) is 9.53 Å². The minimum atomic E-state index is -1.28. The van der Waals surface area contributed by atoms with Gasteiger partial charge in [-0.2, -0.15) is 4.39 Å². The Morgan fingerprint density at radius 1 is 1.80 bits per heavy atom. The molecule has 0 aromatic heterocycles.